The first-order valence-electron chi connectivity index (χ1n) is 8.35. The van der Waals surface area contributed by atoms with Crippen LogP contribution in [0.4, 0.5) is 10.8 Å². The van der Waals surface area contributed by atoms with Crippen LogP contribution in [0.5, 0.6) is 5.75 Å². The number of aromatic nitrogens is 1. The summed E-state index contributed by atoms with van der Waals surface area (Å²) in [4.78, 5) is 15.6. The molecular formula is C20H22ClN3O2S. The Balaban J connectivity index is 0.00000261. The van der Waals surface area contributed by atoms with Gasteiger partial charge in [-0.2, -0.15) is 0 Å². The van der Waals surface area contributed by atoms with Gasteiger partial charge in [0.1, 0.15) is 5.75 Å². The number of carbonyl (C=O) groups is 1. The van der Waals surface area contributed by atoms with Crippen molar-refractivity contribution in [3.8, 4) is 17.0 Å². The highest BCUT2D eigenvalue weighted by atomic mass is 35.5. The van der Waals surface area contributed by atoms with Gasteiger partial charge in [0.2, 0.25) is 5.91 Å². The minimum Gasteiger partial charge on any atom is -0.495 e. The largest absolute Gasteiger partial charge is 0.495 e. The number of hydrogen-bond acceptors (Lipinski definition) is 5. The molecule has 0 unspecified atom stereocenters. The SMILES string of the molecule is COc1ccccc1Nc1nc(-c2ccc(CCNC(C)=O)cc2)cs1.Cl. The molecule has 142 valence electrons. The fraction of sp³-hybridized carbons (Fsp3) is 0.200. The van der Waals surface area contributed by atoms with Crippen molar-refractivity contribution in [1.29, 1.82) is 0 Å². The molecule has 2 N–H and O–H groups in total. The van der Waals surface area contributed by atoms with Gasteiger partial charge in [-0.15, -0.1) is 23.7 Å². The van der Waals surface area contributed by atoms with E-state index in [4.69, 9.17) is 4.74 Å². The number of rotatable bonds is 7. The van der Waals surface area contributed by atoms with Gasteiger partial charge in [0.25, 0.3) is 0 Å². The summed E-state index contributed by atoms with van der Waals surface area (Å²) in [6.45, 7) is 2.18. The lowest BCUT2D eigenvalue weighted by atomic mass is 10.1. The second kappa shape index (κ2) is 9.94. The highest BCUT2D eigenvalue weighted by Gasteiger charge is 2.07. The second-order valence-corrected chi connectivity index (χ2v) is 6.65. The van der Waals surface area contributed by atoms with Crippen LogP contribution in [0, 0.1) is 0 Å². The van der Waals surface area contributed by atoms with Gasteiger partial charge < -0.3 is 15.4 Å². The van der Waals surface area contributed by atoms with Gasteiger partial charge in [-0.25, -0.2) is 4.98 Å². The Morgan fingerprint density at radius 2 is 1.89 bits per heavy atom. The first-order valence-corrected chi connectivity index (χ1v) is 9.23. The van der Waals surface area contributed by atoms with Crippen molar-refractivity contribution in [3.05, 3.63) is 59.5 Å². The summed E-state index contributed by atoms with van der Waals surface area (Å²) in [5.41, 5.74) is 4.08. The Morgan fingerprint density at radius 3 is 2.59 bits per heavy atom. The predicted molar refractivity (Wildman–Crippen MR) is 113 cm³/mol. The molecule has 0 spiro atoms. The van der Waals surface area contributed by atoms with Crippen molar-refractivity contribution in [3.63, 3.8) is 0 Å². The Kier molecular flexibility index (Phi) is 7.64. The van der Waals surface area contributed by atoms with Crippen LogP contribution < -0.4 is 15.4 Å². The van der Waals surface area contributed by atoms with Crippen LogP contribution in [0.25, 0.3) is 11.3 Å². The zero-order valence-corrected chi connectivity index (χ0v) is 16.8. The van der Waals surface area contributed by atoms with Crippen LogP contribution in [0.15, 0.2) is 53.9 Å². The van der Waals surface area contributed by atoms with Gasteiger partial charge in [0, 0.05) is 24.4 Å². The average molecular weight is 404 g/mol. The molecule has 2 aromatic carbocycles. The fourth-order valence-corrected chi connectivity index (χ4v) is 3.28. The van der Waals surface area contributed by atoms with Gasteiger partial charge in [0.05, 0.1) is 18.5 Å². The predicted octanol–water partition coefficient (Wildman–Crippen LogP) is 4.66. The zero-order chi connectivity index (χ0) is 18.4. The summed E-state index contributed by atoms with van der Waals surface area (Å²) in [6.07, 6.45) is 0.817. The number of nitrogens with one attached hydrogen (secondary N) is 2. The molecule has 3 aromatic rings. The van der Waals surface area contributed by atoms with Crippen LogP contribution in [0.3, 0.4) is 0 Å². The Bertz CT molecular complexity index is 881. The van der Waals surface area contributed by atoms with E-state index in [0.717, 1.165) is 34.2 Å². The Labute approximate surface area is 169 Å². The highest BCUT2D eigenvalue weighted by Crippen LogP contribution is 2.31. The van der Waals surface area contributed by atoms with E-state index < -0.39 is 0 Å². The van der Waals surface area contributed by atoms with E-state index in [-0.39, 0.29) is 18.3 Å². The van der Waals surface area contributed by atoms with Crippen LogP contribution in [0.1, 0.15) is 12.5 Å². The topological polar surface area (TPSA) is 63.2 Å². The van der Waals surface area contributed by atoms with Gasteiger partial charge >= 0.3 is 0 Å². The molecule has 0 saturated carbocycles. The number of benzene rings is 2. The Morgan fingerprint density at radius 1 is 1.15 bits per heavy atom. The monoisotopic (exact) mass is 403 g/mol. The van der Waals surface area contributed by atoms with Gasteiger partial charge in [-0.3, -0.25) is 4.79 Å². The van der Waals surface area contributed by atoms with E-state index >= 15 is 0 Å². The van der Waals surface area contributed by atoms with E-state index in [1.54, 1.807) is 18.4 Å². The lowest BCUT2D eigenvalue weighted by Gasteiger charge is -2.08. The summed E-state index contributed by atoms with van der Waals surface area (Å²) in [5.74, 6) is 0.784. The first kappa shape index (κ1) is 20.7. The first-order chi connectivity index (χ1) is 12.7. The highest BCUT2D eigenvalue weighted by molar-refractivity contribution is 7.14. The molecule has 3 rings (SSSR count). The molecule has 1 amide bonds. The molecule has 0 aliphatic heterocycles. The zero-order valence-electron chi connectivity index (χ0n) is 15.2. The molecule has 7 heteroatoms. The smallest absolute Gasteiger partial charge is 0.216 e. The minimum atomic E-state index is -0.000769. The average Bonchev–Trinajstić information content (AvgIpc) is 3.11. The third kappa shape index (κ3) is 5.70. The van der Waals surface area contributed by atoms with Crippen molar-refractivity contribution >= 4 is 40.5 Å². The van der Waals surface area contributed by atoms with Crippen molar-refractivity contribution in [2.45, 2.75) is 13.3 Å². The number of amides is 1. The van der Waals surface area contributed by atoms with Crippen LogP contribution in [-0.4, -0.2) is 24.5 Å². The van der Waals surface area contributed by atoms with Gasteiger partial charge in [-0.05, 0) is 24.1 Å². The number of nitrogens with zero attached hydrogens (tertiary/aromatic N) is 1. The van der Waals surface area contributed by atoms with E-state index in [9.17, 15) is 4.79 Å². The molecule has 0 bridgehead atoms. The summed E-state index contributed by atoms with van der Waals surface area (Å²) in [7, 11) is 1.65. The summed E-state index contributed by atoms with van der Waals surface area (Å²) in [6, 6.07) is 16.0. The molecule has 0 saturated heterocycles. The molecule has 5 nitrogen and oxygen atoms in total. The van der Waals surface area contributed by atoms with Crippen LogP contribution >= 0.6 is 23.7 Å². The van der Waals surface area contributed by atoms with Crippen molar-refractivity contribution < 1.29 is 9.53 Å². The second-order valence-electron chi connectivity index (χ2n) is 5.79. The fourth-order valence-electron chi connectivity index (χ4n) is 2.55. The third-order valence-corrected chi connectivity index (χ3v) is 4.65. The maximum absolute atomic E-state index is 10.9. The Hall–Kier alpha value is -2.57. The number of carbonyl (C=O) groups excluding carboxylic acids is 1. The summed E-state index contributed by atoms with van der Waals surface area (Å²) in [5, 5.41) is 8.96. The molecule has 27 heavy (non-hydrogen) atoms. The minimum absolute atomic E-state index is 0. The third-order valence-electron chi connectivity index (χ3n) is 3.89. The van der Waals surface area contributed by atoms with E-state index in [0.29, 0.717) is 6.54 Å². The molecule has 0 radical (unpaired) electrons. The number of thiazole rings is 1. The molecule has 0 fully saturated rings. The molecule has 1 aromatic heterocycles. The number of hydrogen-bond donors (Lipinski definition) is 2. The van der Waals surface area contributed by atoms with E-state index in [1.807, 2.05) is 29.6 Å². The maximum Gasteiger partial charge on any atom is 0.216 e. The van der Waals surface area contributed by atoms with Crippen LogP contribution in [0.2, 0.25) is 0 Å². The number of para-hydroxylation sites is 2. The lowest BCUT2D eigenvalue weighted by molar-refractivity contribution is -0.118. The number of anilines is 2. The normalized spacial score (nSPS) is 10.0. The van der Waals surface area contributed by atoms with Crippen molar-refractivity contribution in [1.82, 2.24) is 10.3 Å². The molecule has 1 heterocycles. The van der Waals surface area contributed by atoms with Gasteiger partial charge in [-0.1, -0.05) is 36.4 Å². The molecule has 0 aliphatic carbocycles. The van der Waals surface area contributed by atoms with Gasteiger partial charge in [0.15, 0.2) is 5.13 Å². The standard InChI is InChI=1S/C20H21N3O2S.ClH/c1-14(24)21-12-11-15-7-9-16(10-8-15)18-13-26-20(23-18)22-17-5-3-4-6-19(17)25-2;/h3-10,13H,11-12H2,1-2H3,(H,21,24)(H,22,23);1H. The number of ether oxygens (including phenoxy) is 1. The molecular weight excluding hydrogens is 382 g/mol. The summed E-state index contributed by atoms with van der Waals surface area (Å²) >= 11 is 1.55. The number of halogens is 1. The van der Waals surface area contributed by atoms with E-state index in [1.165, 1.54) is 12.5 Å². The quantitative estimate of drug-likeness (QED) is 0.602. The summed E-state index contributed by atoms with van der Waals surface area (Å²) < 4.78 is 5.36. The maximum atomic E-state index is 10.9. The van der Waals surface area contributed by atoms with E-state index in [2.05, 4.69) is 39.9 Å². The van der Waals surface area contributed by atoms with Crippen molar-refractivity contribution in [2.24, 2.45) is 0 Å². The lowest BCUT2D eigenvalue weighted by Crippen LogP contribution is -2.22. The molecule has 0 aliphatic rings. The van der Waals surface area contributed by atoms with Crippen LogP contribution in [-0.2, 0) is 11.2 Å². The van der Waals surface area contributed by atoms with Crippen molar-refractivity contribution in [2.75, 3.05) is 19.0 Å². The molecule has 0 atom stereocenters. The number of methoxy groups -OCH3 is 1.